The Bertz CT molecular complexity index is 1590. The molecule has 0 bridgehead atoms. The van der Waals surface area contributed by atoms with Crippen molar-refractivity contribution >= 4 is 50.9 Å². The van der Waals surface area contributed by atoms with Crippen molar-refractivity contribution in [2.45, 2.75) is 6.54 Å². The number of amides is 1. The highest BCUT2D eigenvalue weighted by Gasteiger charge is 2.21. The number of rotatable bonds is 4. The molecule has 0 saturated carbocycles. The minimum absolute atomic E-state index is 0.237. The molecule has 2 N–H and O–H groups in total. The summed E-state index contributed by atoms with van der Waals surface area (Å²) in [5.41, 5.74) is 7.71. The average molecular weight is 498 g/mol. The van der Waals surface area contributed by atoms with E-state index in [1.54, 1.807) is 53.1 Å². The lowest BCUT2D eigenvalue weighted by molar-refractivity contribution is 0.100. The molecular formula is C26H14Cl2F3N2O. The molecule has 0 aliphatic rings. The summed E-state index contributed by atoms with van der Waals surface area (Å²) in [6.07, 6.45) is 0. The second kappa shape index (κ2) is 8.38. The zero-order chi connectivity index (χ0) is 24.1. The van der Waals surface area contributed by atoms with E-state index >= 15 is 0 Å². The molecule has 0 fully saturated rings. The minimum Gasteiger partial charge on any atom is -0.366 e. The summed E-state index contributed by atoms with van der Waals surface area (Å²) in [6, 6.07) is 17.8. The number of hydrogen-bond donors (Lipinski definition) is 1. The van der Waals surface area contributed by atoms with Crippen molar-refractivity contribution in [3.05, 3.63) is 105 Å². The van der Waals surface area contributed by atoms with Gasteiger partial charge < -0.3 is 10.3 Å². The second-order valence-electron chi connectivity index (χ2n) is 7.74. The van der Waals surface area contributed by atoms with Crippen LogP contribution in [0.15, 0.2) is 60.7 Å². The van der Waals surface area contributed by atoms with E-state index in [0.29, 0.717) is 55.1 Å². The molecule has 34 heavy (non-hydrogen) atoms. The van der Waals surface area contributed by atoms with E-state index in [2.05, 4.69) is 6.07 Å². The van der Waals surface area contributed by atoms with Crippen molar-refractivity contribution in [2.75, 3.05) is 0 Å². The summed E-state index contributed by atoms with van der Waals surface area (Å²) in [4.78, 5) is 12.2. The zero-order valence-corrected chi connectivity index (χ0v) is 18.8. The molecule has 169 valence electrons. The first-order chi connectivity index (χ1) is 16.3. The van der Waals surface area contributed by atoms with Gasteiger partial charge >= 0.3 is 0 Å². The highest BCUT2D eigenvalue weighted by molar-refractivity contribution is 6.39. The van der Waals surface area contributed by atoms with Crippen LogP contribution in [0.1, 0.15) is 15.9 Å². The third kappa shape index (κ3) is 3.59. The number of halogens is 5. The molecule has 0 unspecified atom stereocenters. The first-order valence-corrected chi connectivity index (χ1v) is 10.9. The topological polar surface area (TPSA) is 48.0 Å². The number of nitrogens with two attached hydrogens (primary N) is 1. The van der Waals surface area contributed by atoms with Gasteiger partial charge in [0.05, 0.1) is 17.6 Å². The lowest BCUT2D eigenvalue weighted by Crippen LogP contribution is -2.11. The summed E-state index contributed by atoms with van der Waals surface area (Å²) >= 11 is 12.8. The fourth-order valence-electron chi connectivity index (χ4n) is 4.23. The fourth-order valence-corrected chi connectivity index (χ4v) is 4.85. The van der Waals surface area contributed by atoms with Gasteiger partial charge in [-0.3, -0.25) is 4.79 Å². The highest BCUT2D eigenvalue weighted by Crippen LogP contribution is 2.39. The van der Waals surface area contributed by atoms with Gasteiger partial charge in [0.2, 0.25) is 5.91 Å². The molecule has 0 aliphatic heterocycles. The van der Waals surface area contributed by atoms with Crippen LogP contribution in [-0.4, -0.2) is 10.5 Å². The normalized spacial score (nSPS) is 11.4. The first-order valence-electron chi connectivity index (χ1n) is 10.1. The molecule has 5 aromatic rings. The molecule has 0 spiro atoms. The summed E-state index contributed by atoms with van der Waals surface area (Å²) in [5, 5.41) is 1.84. The minimum atomic E-state index is -1.02. The number of nitrogens with zero attached hydrogens (tertiary/aromatic N) is 1. The molecule has 1 radical (unpaired) electrons. The van der Waals surface area contributed by atoms with E-state index in [9.17, 15) is 18.0 Å². The predicted molar refractivity (Wildman–Crippen MR) is 128 cm³/mol. The predicted octanol–water partition coefficient (Wildman–Crippen LogP) is 7.13. The van der Waals surface area contributed by atoms with Crippen molar-refractivity contribution < 1.29 is 18.0 Å². The largest absolute Gasteiger partial charge is 0.366 e. The summed E-state index contributed by atoms with van der Waals surface area (Å²) < 4.78 is 44.2. The standard InChI is InChI=1S/C26H14Cl2F3N2O/c27-18-4-2-5-19(28)24(18)13-7-8-15-23(9-13)33(12-17-20(30)10-14(29)11-21(17)31)22-6-1-3-16(25(15)22)26(32)34/h1-7,9-11H,12H2,(H2,32,34). The van der Waals surface area contributed by atoms with Gasteiger partial charge in [-0.2, -0.15) is 0 Å². The molecule has 1 heterocycles. The lowest BCUT2D eigenvalue weighted by atomic mass is 10.0. The second-order valence-corrected chi connectivity index (χ2v) is 8.56. The van der Waals surface area contributed by atoms with Crippen LogP contribution in [-0.2, 0) is 6.54 Å². The maximum absolute atomic E-state index is 14.6. The Balaban J connectivity index is 1.85. The van der Waals surface area contributed by atoms with Crippen LogP contribution in [0.4, 0.5) is 13.2 Å². The van der Waals surface area contributed by atoms with Crippen molar-refractivity contribution in [2.24, 2.45) is 5.73 Å². The maximum Gasteiger partial charge on any atom is 0.249 e. The summed E-state index contributed by atoms with van der Waals surface area (Å²) in [5.74, 6) is -3.71. The third-order valence-corrected chi connectivity index (χ3v) is 6.36. The fraction of sp³-hybridized carbons (Fsp3) is 0.0385. The van der Waals surface area contributed by atoms with Crippen LogP contribution < -0.4 is 5.73 Å². The Morgan fingerprint density at radius 3 is 2.24 bits per heavy atom. The molecule has 4 aromatic carbocycles. The van der Waals surface area contributed by atoms with E-state index in [0.717, 1.165) is 0 Å². The maximum atomic E-state index is 14.6. The van der Waals surface area contributed by atoms with Crippen LogP contribution in [0.2, 0.25) is 10.0 Å². The number of carbonyl (C=O) groups is 1. The van der Waals surface area contributed by atoms with E-state index in [4.69, 9.17) is 28.9 Å². The van der Waals surface area contributed by atoms with Crippen LogP contribution in [0.25, 0.3) is 32.9 Å². The van der Waals surface area contributed by atoms with Crippen LogP contribution in [0.5, 0.6) is 0 Å². The highest BCUT2D eigenvalue weighted by atomic mass is 35.5. The molecule has 0 saturated heterocycles. The lowest BCUT2D eigenvalue weighted by Gasteiger charge is -2.12. The van der Waals surface area contributed by atoms with Gasteiger partial charge in [-0.15, -0.1) is 0 Å². The smallest absolute Gasteiger partial charge is 0.249 e. The van der Waals surface area contributed by atoms with Crippen LogP contribution in [0, 0.1) is 23.5 Å². The van der Waals surface area contributed by atoms with Gasteiger partial charge in [-0.05, 0) is 48.0 Å². The van der Waals surface area contributed by atoms with E-state index < -0.39 is 23.4 Å². The Morgan fingerprint density at radius 2 is 1.59 bits per heavy atom. The molecular weight excluding hydrogens is 484 g/mol. The van der Waals surface area contributed by atoms with E-state index in [-0.39, 0.29) is 17.7 Å². The molecule has 1 aromatic heterocycles. The van der Waals surface area contributed by atoms with Gasteiger partial charge in [0.15, 0.2) is 0 Å². The molecule has 0 aliphatic carbocycles. The van der Waals surface area contributed by atoms with Crippen LogP contribution in [0.3, 0.4) is 0 Å². The van der Waals surface area contributed by atoms with Gasteiger partial charge in [0.25, 0.3) is 0 Å². The zero-order valence-electron chi connectivity index (χ0n) is 17.3. The number of hydrogen-bond acceptors (Lipinski definition) is 1. The average Bonchev–Trinajstić information content (AvgIpc) is 3.09. The van der Waals surface area contributed by atoms with Gasteiger partial charge in [0.1, 0.15) is 17.5 Å². The van der Waals surface area contributed by atoms with Crippen LogP contribution >= 0.6 is 23.2 Å². The molecule has 3 nitrogen and oxygen atoms in total. The quantitative estimate of drug-likeness (QED) is 0.282. The Morgan fingerprint density at radius 1 is 0.941 bits per heavy atom. The number of fused-ring (bicyclic) bond motifs is 3. The van der Waals surface area contributed by atoms with E-state index in [1.165, 1.54) is 0 Å². The van der Waals surface area contributed by atoms with Gasteiger partial charge in [-0.25, -0.2) is 13.2 Å². The van der Waals surface area contributed by atoms with Crippen molar-refractivity contribution in [1.29, 1.82) is 0 Å². The van der Waals surface area contributed by atoms with Crippen molar-refractivity contribution in [3.63, 3.8) is 0 Å². The van der Waals surface area contributed by atoms with Crippen molar-refractivity contribution in [3.8, 4) is 11.1 Å². The molecule has 8 heteroatoms. The third-order valence-electron chi connectivity index (χ3n) is 5.73. The van der Waals surface area contributed by atoms with Gasteiger partial charge in [-0.1, -0.05) is 35.3 Å². The monoisotopic (exact) mass is 497 g/mol. The SMILES string of the molecule is NC(=O)c1cccc2c1c1[c]cc(-c3c(Cl)cccc3Cl)cc1n2Cc1c(F)cc(F)cc1F. The number of carbonyl (C=O) groups excluding carboxylic acids is 1. The first kappa shape index (κ1) is 22.3. The number of aromatic nitrogens is 1. The summed E-state index contributed by atoms with van der Waals surface area (Å²) in [6.45, 7) is -0.270. The Hall–Kier alpha value is -3.48. The van der Waals surface area contributed by atoms with Crippen molar-refractivity contribution in [1.82, 2.24) is 4.57 Å². The van der Waals surface area contributed by atoms with E-state index in [1.807, 2.05) is 0 Å². The summed E-state index contributed by atoms with van der Waals surface area (Å²) in [7, 11) is 0. The Labute approximate surface area is 202 Å². The Kier molecular flexibility index (Phi) is 5.50. The number of primary amides is 1. The number of benzene rings is 4. The molecule has 0 atom stereocenters. The van der Waals surface area contributed by atoms with Gasteiger partial charge in [0, 0.05) is 49.6 Å². The molecule has 5 rings (SSSR count). The molecule has 1 amide bonds.